The monoisotopic (exact) mass is 338 g/mol. The van der Waals surface area contributed by atoms with Crippen LogP contribution in [0.25, 0.3) is 0 Å². The van der Waals surface area contributed by atoms with Crippen molar-refractivity contribution >= 4 is 6.03 Å². The van der Waals surface area contributed by atoms with E-state index in [2.05, 4.69) is 34.5 Å². The molecule has 2 atom stereocenters. The van der Waals surface area contributed by atoms with Crippen molar-refractivity contribution in [1.29, 1.82) is 0 Å². The Kier molecular flexibility index (Phi) is 6.36. The summed E-state index contributed by atoms with van der Waals surface area (Å²) in [5.74, 6) is 0.497. The van der Waals surface area contributed by atoms with Crippen molar-refractivity contribution in [3.05, 3.63) is 0 Å². The van der Waals surface area contributed by atoms with Crippen molar-refractivity contribution in [1.82, 2.24) is 20.4 Å². The Labute approximate surface area is 146 Å². The third-order valence-corrected chi connectivity index (χ3v) is 5.78. The molecule has 0 unspecified atom stereocenters. The number of urea groups is 1. The molecule has 2 N–H and O–H groups in total. The summed E-state index contributed by atoms with van der Waals surface area (Å²) in [5, 5.41) is 6.45. The molecule has 3 aliphatic rings. The third-order valence-electron chi connectivity index (χ3n) is 5.78. The molecule has 2 aliphatic heterocycles. The molecule has 2 amide bonds. The van der Waals surface area contributed by atoms with Crippen molar-refractivity contribution in [2.75, 3.05) is 46.9 Å². The zero-order valence-electron chi connectivity index (χ0n) is 15.3. The molecule has 6 heteroatoms. The number of hydrogen-bond acceptors (Lipinski definition) is 4. The molecule has 1 saturated carbocycles. The van der Waals surface area contributed by atoms with Gasteiger partial charge in [-0.2, -0.15) is 0 Å². The molecule has 3 fully saturated rings. The van der Waals surface area contributed by atoms with E-state index in [-0.39, 0.29) is 12.1 Å². The highest BCUT2D eigenvalue weighted by atomic mass is 16.5. The van der Waals surface area contributed by atoms with Crippen LogP contribution in [0.4, 0.5) is 4.79 Å². The van der Waals surface area contributed by atoms with E-state index >= 15 is 0 Å². The maximum absolute atomic E-state index is 12.4. The lowest BCUT2D eigenvalue weighted by atomic mass is 10.0. The predicted molar refractivity (Wildman–Crippen MR) is 95.2 cm³/mol. The van der Waals surface area contributed by atoms with Crippen LogP contribution in [0.2, 0.25) is 0 Å². The van der Waals surface area contributed by atoms with Gasteiger partial charge in [-0.3, -0.25) is 4.90 Å². The first-order valence-electron chi connectivity index (χ1n) is 9.65. The van der Waals surface area contributed by atoms with E-state index in [0.717, 1.165) is 58.5 Å². The van der Waals surface area contributed by atoms with Crippen LogP contribution in [0, 0.1) is 5.92 Å². The van der Waals surface area contributed by atoms with Gasteiger partial charge >= 0.3 is 6.03 Å². The van der Waals surface area contributed by atoms with Crippen molar-refractivity contribution in [2.24, 2.45) is 5.92 Å². The van der Waals surface area contributed by atoms with E-state index in [0.29, 0.717) is 18.0 Å². The van der Waals surface area contributed by atoms with Crippen LogP contribution in [0.5, 0.6) is 0 Å². The first-order chi connectivity index (χ1) is 11.6. The number of carbonyl (C=O) groups excluding carboxylic acids is 1. The SMILES string of the molecule is CN(C)C[C@@H]1CN(C2CCOCC2)C[C@H]1NC(=O)NC1CCCC1. The fourth-order valence-corrected chi connectivity index (χ4v) is 4.54. The first-order valence-corrected chi connectivity index (χ1v) is 9.65. The van der Waals surface area contributed by atoms with Gasteiger partial charge in [-0.15, -0.1) is 0 Å². The summed E-state index contributed by atoms with van der Waals surface area (Å²) in [4.78, 5) is 17.2. The molecule has 1 aliphatic carbocycles. The van der Waals surface area contributed by atoms with Crippen molar-refractivity contribution < 1.29 is 9.53 Å². The average molecular weight is 338 g/mol. The van der Waals surface area contributed by atoms with Gasteiger partial charge in [0, 0.05) is 56.9 Å². The number of rotatable bonds is 5. The molecule has 0 aromatic heterocycles. The Bertz CT molecular complexity index is 406. The Morgan fingerprint density at radius 1 is 1.08 bits per heavy atom. The van der Waals surface area contributed by atoms with Gasteiger partial charge in [0.25, 0.3) is 0 Å². The molecule has 138 valence electrons. The summed E-state index contributed by atoms with van der Waals surface area (Å²) in [6.07, 6.45) is 7.00. The molecule has 0 aromatic rings. The summed E-state index contributed by atoms with van der Waals surface area (Å²) >= 11 is 0. The van der Waals surface area contributed by atoms with Gasteiger partial charge in [-0.05, 0) is 39.8 Å². The smallest absolute Gasteiger partial charge is 0.315 e. The molecule has 6 nitrogen and oxygen atoms in total. The van der Waals surface area contributed by atoms with E-state index in [1.807, 2.05) is 0 Å². The number of amides is 2. The van der Waals surface area contributed by atoms with Gasteiger partial charge < -0.3 is 20.3 Å². The maximum atomic E-state index is 12.4. The molecule has 0 spiro atoms. The summed E-state index contributed by atoms with van der Waals surface area (Å²) in [6, 6.07) is 1.28. The predicted octanol–water partition coefficient (Wildman–Crippen LogP) is 1.27. The standard InChI is InChI=1S/C18H34N4O2/c1-21(2)11-14-12-22(16-7-9-24-10-8-16)13-17(14)20-18(23)19-15-5-3-4-6-15/h14-17H,3-13H2,1-2H3,(H2,19,20,23)/t14-,17-/m1/s1. The van der Waals surface area contributed by atoms with E-state index in [1.165, 1.54) is 12.8 Å². The fraction of sp³-hybridized carbons (Fsp3) is 0.944. The maximum Gasteiger partial charge on any atom is 0.315 e. The fourth-order valence-electron chi connectivity index (χ4n) is 4.54. The highest BCUT2D eigenvalue weighted by molar-refractivity contribution is 5.74. The van der Waals surface area contributed by atoms with Gasteiger partial charge in [0.1, 0.15) is 0 Å². The van der Waals surface area contributed by atoms with Crippen LogP contribution in [0.3, 0.4) is 0 Å². The molecule has 2 saturated heterocycles. The molecule has 0 bridgehead atoms. The van der Waals surface area contributed by atoms with E-state index in [4.69, 9.17) is 4.74 Å². The van der Waals surface area contributed by atoms with E-state index in [1.54, 1.807) is 0 Å². The van der Waals surface area contributed by atoms with Crippen LogP contribution in [-0.4, -0.2) is 80.9 Å². The molecule has 0 radical (unpaired) electrons. The molecule has 0 aromatic carbocycles. The van der Waals surface area contributed by atoms with Crippen LogP contribution in [-0.2, 0) is 4.74 Å². The van der Waals surface area contributed by atoms with Crippen LogP contribution in [0.1, 0.15) is 38.5 Å². The van der Waals surface area contributed by atoms with Gasteiger partial charge in [-0.1, -0.05) is 12.8 Å². The lowest BCUT2D eigenvalue weighted by Crippen LogP contribution is -2.50. The Hall–Kier alpha value is -0.850. The van der Waals surface area contributed by atoms with Crippen LogP contribution >= 0.6 is 0 Å². The quantitative estimate of drug-likeness (QED) is 0.793. The van der Waals surface area contributed by atoms with Crippen LogP contribution < -0.4 is 10.6 Å². The third kappa shape index (κ3) is 4.83. The van der Waals surface area contributed by atoms with Gasteiger partial charge in [0.2, 0.25) is 0 Å². The second kappa shape index (κ2) is 8.50. The molecule has 2 heterocycles. The summed E-state index contributed by atoms with van der Waals surface area (Å²) in [7, 11) is 4.24. The second-order valence-corrected chi connectivity index (χ2v) is 8.03. The number of nitrogens with zero attached hydrogens (tertiary/aromatic N) is 2. The summed E-state index contributed by atoms with van der Waals surface area (Å²) < 4.78 is 5.50. The van der Waals surface area contributed by atoms with Crippen molar-refractivity contribution in [2.45, 2.75) is 56.7 Å². The van der Waals surface area contributed by atoms with Gasteiger partial charge in [-0.25, -0.2) is 4.79 Å². The first kappa shape index (κ1) is 18.0. The minimum atomic E-state index is 0.0319. The van der Waals surface area contributed by atoms with Crippen LogP contribution in [0.15, 0.2) is 0 Å². The van der Waals surface area contributed by atoms with E-state index < -0.39 is 0 Å². The van der Waals surface area contributed by atoms with Crippen molar-refractivity contribution in [3.63, 3.8) is 0 Å². The summed E-state index contributed by atoms with van der Waals surface area (Å²) in [6.45, 7) is 4.83. The highest BCUT2D eigenvalue weighted by Crippen LogP contribution is 2.25. The normalized spacial score (nSPS) is 30.1. The topological polar surface area (TPSA) is 56.8 Å². The van der Waals surface area contributed by atoms with E-state index in [9.17, 15) is 4.79 Å². The molecule has 3 rings (SSSR count). The summed E-state index contributed by atoms with van der Waals surface area (Å²) in [5.41, 5.74) is 0. The Balaban J connectivity index is 1.54. The zero-order chi connectivity index (χ0) is 16.9. The average Bonchev–Trinajstić information content (AvgIpc) is 3.18. The minimum absolute atomic E-state index is 0.0319. The zero-order valence-corrected chi connectivity index (χ0v) is 15.3. The number of carbonyl (C=O) groups is 1. The largest absolute Gasteiger partial charge is 0.381 e. The molecular formula is C18H34N4O2. The van der Waals surface area contributed by atoms with Gasteiger partial charge in [0.15, 0.2) is 0 Å². The lowest BCUT2D eigenvalue weighted by Gasteiger charge is -2.31. The van der Waals surface area contributed by atoms with Gasteiger partial charge in [0.05, 0.1) is 0 Å². The number of nitrogens with one attached hydrogen (secondary N) is 2. The minimum Gasteiger partial charge on any atom is -0.381 e. The van der Waals surface area contributed by atoms with Crippen molar-refractivity contribution in [3.8, 4) is 0 Å². The number of hydrogen-bond donors (Lipinski definition) is 2. The second-order valence-electron chi connectivity index (χ2n) is 8.03. The number of likely N-dealkylation sites (tertiary alicyclic amines) is 1. The lowest BCUT2D eigenvalue weighted by molar-refractivity contribution is 0.0404. The molecule has 24 heavy (non-hydrogen) atoms. The Morgan fingerprint density at radius 3 is 2.46 bits per heavy atom. The Morgan fingerprint density at radius 2 is 1.79 bits per heavy atom. The highest BCUT2D eigenvalue weighted by Gasteiger charge is 2.37. The number of ether oxygens (including phenoxy) is 1. The molecular weight excluding hydrogens is 304 g/mol.